The van der Waals surface area contributed by atoms with Crippen molar-refractivity contribution in [3.63, 3.8) is 0 Å². The Bertz CT molecular complexity index is 261. The fourth-order valence-electron chi connectivity index (χ4n) is 0.643. The highest BCUT2D eigenvalue weighted by Crippen LogP contribution is 2.19. The molecule has 0 spiro atoms. The summed E-state index contributed by atoms with van der Waals surface area (Å²) >= 11 is 3.12. The lowest BCUT2D eigenvalue weighted by molar-refractivity contribution is -0.00557. The van der Waals surface area contributed by atoms with Crippen molar-refractivity contribution in [2.75, 3.05) is 0 Å². The number of nitrogens with zero attached hydrogens (tertiary/aromatic N) is 2. The zero-order valence-electron chi connectivity index (χ0n) is 5.08. The van der Waals surface area contributed by atoms with Crippen LogP contribution in [0.5, 0.6) is 0 Å². The number of hydrogen-bond acceptors (Lipinski definition) is 1. The Balaban J connectivity index is 2.95. The average molecular weight is 201 g/mol. The van der Waals surface area contributed by atoms with Crippen LogP contribution >= 0.6 is 15.9 Å². The van der Waals surface area contributed by atoms with Crippen LogP contribution in [0, 0.1) is 0 Å². The Labute approximate surface area is 66.4 Å². The molecular weight excluding hydrogens is 196 g/mol. The SMILES string of the molecule is [N-]=[N+]=C1C=CC(O)=C(Br)C1. The summed E-state index contributed by atoms with van der Waals surface area (Å²) in [6.07, 6.45) is 3.47. The number of aliphatic hydroxyl groups excluding tert-OH is 1. The largest absolute Gasteiger partial charge is 0.507 e. The molecule has 1 rings (SSSR count). The molecule has 52 valence electrons. The maximum Gasteiger partial charge on any atom is 0.297 e. The van der Waals surface area contributed by atoms with Gasteiger partial charge in [-0.3, -0.25) is 0 Å². The molecule has 0 aromatic heterocycles. The molecule has 0 unspecified atom stereocenters. The second-order valence-corrected chi connectivity index (χ2v) is 2.85. The Morgan fingerprint density at radius 3 is 2.80 bits per heavy atom. The quantitative estimate of drug-likeness (QED) is 0.471. The van der Waals surface area contributed by atoms with Crippen LogP contribution in [0.1, 0.15) is 6.42 Å². The van der Waals surface area contributed by atoms with E-state index in [-0.39, 0.29) is 5.76 Å². The van der Waals surface area contributed by atoms with E-state index in [0.29, 0.717) is 16.6 Å². The molecule has 0 amide bonds. The van der Waals surface area contributed by atoms with Crippen LogP contribution in [0.4, 0.5) is 0 Å². The minimum Gasteiger partial charge on any atom is -0.507 e. The standard InChI is InChI=1S/C6H5BrN2O/c7-5-3-4(9-8)1-2-6(5)10/h1-2,10H,3H2. The maximum atomic E-state index is 9.00. The molecule has 0 heterocycles. The number of halogens is 1. The van der Waals surface area contributed by atoms with Gasteiger partial charge in [-0.15, -0.1) is 0 Å². The summed E-state index contributed by atoms with van der Waals surface area (Å²) in [5.74, 6) is 0.187. The van der Waals surface area contributed by atoms with Crippen molar-refractivity contribution >= 4 is 21.6 Å². The summed E-state index contributed by atoms with van der Waals surface area (Å²) in [5, 5.41) is 9.00. The van der Waals surface area contributed by atoms with Crippen molar-refractivity contribution in [1.82, 2.24) is 0 Å². The number of rotatable bonds is 0. The third kappa shape index (κ3) is 1.35. The molecule has 3 nitrogen and oxygen atoms in total. The summed E-state index contributed by atoms with van der Waals surface area (Å²) in [6.45, 7) is 0. The first-order valence-corrected chi connectivity index (χ1v) is 3.50. The van der Waals surface area contributed by atoms with E-state index in [2.05, 4.69) is 20.7 Å². The molecule has 0 saturated carbocycles. The van der Waals surface area contributed by atoms with Crippen LogP contribution in [0.2, 0.25) is 0 Å². The molecule has 0 radical (unpaired) electrons. The Morgan fingerprint density at radius 1 is 1.60 bits per heavy atom. The predicted octanol–water partition coefficient (Wildman–Crippen LogP) is 1.78. The number of hydrogen-bond donors (Lipinski definition) is 1. The predicted molar refractivity (Wildman–Crippen MR) is 41.0 cm³/mol. The van der Waals surface area contributed by atoms with Crippen LogP contribution in [0.25, 0.3) is 5.53 Å². The molecule has 1 aliphatic carbocycles. The van der Waals surface area contributed by atoms with E-state index < -0.39 is 0 Å². The van der Waals surface area contributed by atoms with Crippen LogP contribution in [-0.4, -0.2) is 15.6 Å². The van der Waals surface area contributed by atoms with Gasteiger partial charge in [0.05, 0.1) is 6.42 Å². The number of aliphatic hydroxyl groups is 1. The molecule has 1 aliphatic rings. The van der Waals surface area contributed by atoms with Crippen molar-refractivity contribution in [3.05, 3.63) is 27.9 Å². The van der Waals surface area contributed by atoms with Gasteiger partial charge in [0.1, 0.15) is 5.76 Å². The zero-order valence-corrected chi connectivity index (χ0v) is 6.67. The summed E-state index contributed by atoms with van der Waals surface area (Å²) < 4.78 is 0.641. The minimum absolute atomic E-state index is 0.187. The van der Waals surface area contributed by atoms with Gasteiger partial charge in [-0.1, -0.05) is 15.9 Å². The van der Waals surface area contributed by atoms with E-state index in [9.17, 15) is 0 Å². The molecular formula is C6H5BrN2O. The third-order valence-electron chi connectivity index (χ3n) is 1.18. The summed E-state index contributed by atoms with van der Waals surface area (Å²) in [7, 11) is 0. The average Bonchev–Trinajstić information content (AvgIpc) is 1.95. The second-order valence-electron chi connectivity index (χ2n) is 1.89. The molecule has 0 aromatic carbocycles. The Hall–Kier alpha value is -0.860. The fraction of sp³-hybridized carbons (Fsp3) is 0.167. The molecule has 0 fully saturated rings. The topological polar surface area (TPSA) is 56.6 Å². The smallest absolute Gasteiger partial charge is 0.297 e. The molecule has 0 aromatic rings. The highest BCUT2D eigenvalue weighted by Gasteiger charge is 2.13. The van der Waals surface area contributed by atoms with E-state index >= 15 is 0 Å². The molecule has 0 bridgehead atoms. The van der Waals surface area contributed by atoms with Crippen molar-refractivity contribution in [2.24, 2.45) is 0 Å². The van der Waals surface area contributed by atoms with Crippen LogP contribution in [0.3, 0.4) is 0 Å². The lowest BCUT2D eigenvalue weighted by Gasteiger charge is -1.99. The highest BCUT2D eigenvalue weighted by molar-refractivity contribution is 9.11. The van der Waals surface area contributed by atoms with Gasteiger partial charge in [0.25, 0.3) is 5.71 Å². The first-order chi connectivity index (χ1) is 4.74. The fourth-order valence-corrected chi connectivity index (χ4v) is 1.06. The molecule has 10 heavy (non-hydrogen) atoms. The first kappa shape index (κ1) is 7.25. The van der Waals surface area contributed by atoms with E-state index in [4.69, 9.17) is 10.6 Å². The molecule has 4 heteroatoms. The van der Waals surface area contributed by atoms with Crippen LogP contribution in [0.15, 0.2) is 22.4 Å². The monoisotopic (exact) mass is 200 g/mol. The van der Waals surface area contributed by atoms with E-state index in [1.807, 2.05) is 0 Å². The second kappa shape index (κ2) is 2.82. The Morgan fingerprint density at radius 2 is 2.30 bits per heavy atom. The molecule has 0 atom stereocenters. The van der Waals surface area contributed by atoms with Gasteiger partial charge in [0.15, 0.2) is 0 Å². The van der Waals surface area contributed by atoms with Gasteiger partial charge in [0, 0.05) is 10.6 Å². The van der Waals surface area contributed by atoms with E-state index in [0.717, 1.165) is 0 Å². The zero-order chi connectivity index (χ0) is 7.56. The number of allylic oxidation sites excluding steroid dienone is 3. The van der Waals surface area contributed by atoms with Crippen molar-refractivity contribution < 1.29 is 9.90 Å². The van der Waals surface area contributed by atoms with E-state index in [1.54, 1.807) is 6.08 Å². The van der Waals surface area contributed by atoms with Gasteiger partial charge in [-0.05, 0) is 6.08 Å². The first-order valence-electron chi connectivity index (χ1n) is 2.70. The molecule has 0 saturated heterocycles. The Kier molecular flexibility index (Phi) is 2.04. The van der Waals surface area contributed by atoms with Gasteiger partial charge in [-0.2, -0.15) is 4.79 Å². The third-order valence-corrected chi connectivity index (χ3v) is 1.86. The van der Waals surface area contributed by atoms with Gasteiger partial charge in [0.2, 0.25) is 0 Å². The van der Waals surface area contributed by atoms with Crippen LogP contribution in [-0.2, 0) is 0 Å². The van der Waals surface area contributed by atoms with Gasteiger partial charge >= 0.3 is 0 Å². The van der Waals surface area contributed by atoms with Crippen molar-refractivity contribution in [1.29, 1.82) is 0 Å². The van der Waals surface area contributed by atoms with Gasteiger partial charge < -0.3 is 10.6 Å². The van der Waals surface area contributed by atoms with Crippen molar-refractivity contribution in [3.8, 4) is 0 Å². The summed E-state index contributed by atoms with van der Waals surface area (Å²) in [5.41, 5.74) is 8.84. The van der Waals surface area contributed by atoms with Crippen LogP contribution < -0.4 is 0 Å². The summed E-state index contributed by atoms with van der Waals surface area (Å²) in [4.78, 5) is 2.99. The van der Waals surface area contributed by atoms with E-state index in [1.165, 1.54) is 6.08 Å². The normalized spacial score (nSPS) is 17.5. The minimum atomic E-state index is 0.187. The van der Waals surface area contributed by atoms with Crippen molar-refractivity contribution in [2.45, 2.75) is 6.42 Å². The molecule has 1 N–H and O–H groups in total. The van der Waals surface area contributed by atoms with Gasteiger partial charge in [-0.25, -0.2) is 0 Å². The maximum absolute atomic E-state index is 9.00. The summed E-state index contributed by atoms with van der Waals surface area (Å²) in [6, 6.07) is 0. The lowest BCUT2D eigenvalue weighted by Crippen LogP contribution is -2.01. The molecule has 0 aliphatic heterocycles. The lowest BCUT2D eigenvalue weighted by atomic mass is 10.1. The highest BCUT2D eigenvalue weighted by atomic mass is 79.9.